The van der Waals surface area contributed by atoms with Gasteiger partial charge in [-0.3, -0.25) is 4.98 Å². The maximum absolute atomic E-state index is 12.9. The van der Waals surface area contributed by atoms with Crippen LogP contribution in [0.2, 0.25) is 0 Å². The average Bonchev–Trinajstić information content (AvgIpc) is 2.34. The summed E-state index contributed by atoms with van der Waals surface area (Å²) in [4.78, 5) is 4.14. The molecule has 0 aromatic carbocycles. The molecule has 0 radical (unpaired) electrons. The molecule has 0 aliphatic carbocycles. The summed E-state index contributed by atoms with van der Waals surface area (Å²) >= 11 is 0. The summed E-state index contributed by atoms with van der Waals surface area (Å²) in [5.41, 5.74) is 0.650. The largest absolute Gasteiger partial charge is 0.396 e. The minimum atomic E-state index is -0.328. The first-order valence-electron chi connectivity index (χ1n) is 6.60. The van der Waals surface area contributed by atoms with Gasteiger partial charge in [0, 0.05) is 6.54 Å². The molecule has 2 heterocycles. The summed E-state index contributed by atoms with van der Waals surface area (Å²) in [6.45, 7) is 6.13. The van der Waals surface area contributed by atoms with Gasteiger partial charge in [0.2, 0.25) is 0 Å². The summed E-state index contributed by atoms with van der Waals surface area (Å²) in [5.74, 6) is 0.000163. The standard InChI is InChI=1S/C14H21FN2O2/c1-10(2)13(12-4-3-11(15)5-16-12)17-6-14(7-18)8-19-9-14/h3-5,10,13,17-18H,6-9H2,1-2H3. The summed E-state index contributed by atoms with van der Waals surface area (Å²) in [5, 5.41) is 12.8. The first kappa shape index (κ1) is 14.4. The van der Waals surface area contributed by atoms with Gasteiger partial charge in [-0.2, -0.15) is 0 Å². The lowest BCUT2D eigenvalue weighted by atomic mass is 9.86. The van der Waals surface area contributed by atoms with Crippen LogP contribution in [-0.2, 0) is 4.74 Å². The SMILES string of the molecule is CC(C)C(NCC1(CO)COC1)c1ccc(F)cn1. The van der Waals surface area contributed by atoms with E-state index in [0.29, 0.717) is 25.7 Å². The van der Waals surface area contributed by atoms with Crippen molar-refractivity contribution >= 4 is 0 Å². The topological polar surface area (TPSA) is 54.4 Å². The molecule has 1 saturated heterocycles. The van der Waals surface area contributed by atoms with Crippen molar-refractivity contribution in [3.63, 3.8) is 0 Å². The smallest absolute Gasteiger partial charge is 0.141 e. The van der Waals surface area contributed by atoms with Crippen molar-refractivity contribution in [1.82, 2.24) is 10.3 Å². The molecule has 1 aliphatic rings. The molecule has 0 bridgehead atoms. The average molecular weight is 268 g/mol. The monoisotopic (exact) mass is 268 g/mol. The lowest BCUT2D eigenvalue weighted by Crippen LogP contribution is -2.53. The van der Waals surface area contributed by atoms with Gasteiger partial charge >= 0.3 is 0 Å². The fourth-order valence-corrected chi connectivity index (χ4v) is 2.22. The number of ether oxygens (including phenoxy) is 1. The van der Waals surface area contributed by atoms with Gasteiger partial charge in [0.25, 0.3) is 0 Å². The molecule has 1 atom stereocenters. The third kappa shape index (κ3) is 3.29. The van der Waals surface area contributed by atoms with Gasteiger partial charge in [-0.05, 0) is 18.1 Å². The van der Waals surface area contributed by atoms with Gasteiger partial charge in [0.15, 0.2) is 0 Å². The number of hydrogen-bond acceptors (Lipinski definition) is 4. The van der Waals surface area contributed by atoms with Crippen LogP contribution in [-0.4, -0.2) is 36.5 Å². The minimum Gasteiger partial charge on any atom is -0.396 e. The molecule has 0 amide bonds. The van der Waals surface area contributed by atoms with Crippen LogP contribution in [0.25, 0.3) is 0 Å². The van der Waals surface area contributed by atoms with Crippen LogP contribution < -0.4 is 5.32 Å². The predicted molar refractivity (Wildman–Crippen MR) is 70.1 cm³/mol. The second-order valence-corrected chi connectivity index (χ2v) is 5.65. The second-order valence-electron chi connectivity index (χ2n) is 5.65. The number of nitrogens with one attached hydrogen (secondary N) is 1. The molecular weight excluding hydrogens is 247 g/mol. The zero-order valence-electron chi connectivity index (χ0n) is 11.4. The van der Waals surface area contributed by atoms with Crippen LogP contribution in [0.1, 0.15) is 25.6 Å². The molecule has 0 spiro atoms. The number of aliphatic hydroxyl groups excluding tert-OH is 1. The Morgan fingerprint density at radius 3 is 2.63 bits per heavy atom. The fourth-order valence-electron chi connectivity index (χ4n) is 2.22. The third-order valence-electron chi connectivity index (χ3n) is 3.58. The molecule has 1 aliphatic heterocycles. The van der Waals surface area contributed by atoms with E-state index < -0.39 is 0 Å². The van der Waals surface area contributed by atoms with Gasteiger partial charge in [-0.1, -0.05) is 13.8 Å². The van der Waals surface area contributed by atoms with Gasteiger partial charge in [-0.25, -0.2) is 4.39 Å². The Morgan fingerprint density at radius 1 is 1.47 bits per heavy atom. The van der Waals surface area contributed by atoms with Crippen molar-refractivity contribution in [2.24, 2.45) is 11.3 Å². The van der Waals surface area contributed by atoms with E-state index in [0.717, 1.165) is 5.69 Å². The van der Waals surface area contributed by atoms with E-state index in [2.05, 4.69) is 24.1 Å². The number of rotatable bonds is 6. The quantitative estimate of drug-likeness (QED) is 0.821. The minimum absolute atomic E-state index is 0.0459. The third-order valence-corrected chi connectivity index (χ3v) is 3.58. The number of pyridine rings is 1. The lowest BCUT2D eigenvalue weighted by molar-refractivity contribution is -0.135. The van der Waals surface area contributed by atoms with Gasteiger partial charge in [-0.15, -0.1) is 0 Å². The summed E-state index contributed by atoms with van der Waals surface area (Å²) in [7, 11) is 0. The summed E-state index contributed by atoms with van der Waals surface area (Å²) in [6.07, 6.45) is 1.24. The number of aromatic nitrogens is 1. The van der Waals surface area contributed by atoms with E-state index in [1.54, 1.807) is 6.07 Å². The highest BCUT2D eigenvalue weighted by molar-refractivity contribution is 5.11. The van der Waals surface area contributed by atoms with Crippen molar-refractivity contribution in [3.8, 4) is 0 Å². The number of aliphatic hydroxyl groups is 1. The molecule has 1 unspecified atom stereocenters. The van der Waals surface area contributed by atoms with E-state index in [1.165, 1.54) is 12.3 Å². The molecule has 1 aromatic rings. The Balaban J connectivity index is 2.02. The molecule has 1 aromatic heterocycles. The van der Waals surface area contributed by atoms with Crippen molar-refractivity contribution < 1.29 is 14.2 Å². The number of nitrogens with zero attached hydrogens (tertiary/aromatic N) is 1. The summed E-state index contributed by atoms with van der Waals surface area (Å²) in [6, 6.07) is 3.17. The Bertz CT molecular complexity index is 399. The van der Waals surface area contributed by atoms with Crippen LogP contribution >= 0.6 is 0 Å². The Morgan fingerprint density at radius 2 is 2.21 bits per heavy atom. The molecule has 1 fully saturated rings. The van der Waals surface area contributed by atoms with Crippen molar-refractivity contribution in [1.29, 1.82) is 0 Å². The Hall–Kier alpha value is -1.04. The van der Waals surface area contributed by atoms with Crippen molar-refractivity contribution in [2.45, 2.75) is 19.9 Å². The number of halogens is 1. The first-order chi connectivity index (χ1) is 9.06. The van der Waals surface area contributed by atoms with E-state index in [9.17, 15) is 9.50 Å². The summed E-state index contributed by atoms with van der Waals surface area (Å²) < 4.78 is 18.1. The van der Waals surface area contributed by atoms with E-state index in [4.69, 9.17) is 4.74 Å². The van der Waals surface area contributed by atoms with E-state index in [1.807, 2.05) is 0 Å². The van der Waals surface area contributed by atoms with E-state index >= 15 is 0 Å². The normalized spacial score (nSPS) is 19.2. The highest BCUT2D eigenvalue weighted by atomic mass is 19.1. The van der Waals surface area contributed by atoms with Gasteiger partial charge < -0.3 is 15.2 Å². The maximum atomic E-state index is 12.9. The Kier molecular flexibility index (Phi) is 4.50. The Labute approximate surface area is 113 Å². The molecule has 2 N–H and O–H groups in total. The maximum Gasteiger partial charge on any atom is 0.141 e. The molecule has 106 valence electrons. The van der Waals surface area contributed by atoms with Crippen LogP contribution in [0.3, 0.4) is 0 Å². The second kappa shape index (κ2) is 5.94. The zero-order valence-corrected chi connectivity index (χ0v) is 11.4. The van der Waals surface area contributed by atoms with Crippen LogP contribution in [0.15, 0.2) is 18.3 Å². The lowest BCUT2D eigenvalue weighted by Gasteiger charge is -2.41. The van der Waals surface area contributed by atoms with Crippen molar-refractivity contribution in [3.05, 3.63) is 29.8 Å². The molecule has 5 heteroatoms. The molecular formula is C14H21FN2O2. The van der Waals surface area contributed by atoms with Gasteiger partial charge in [0.1, 0.15) is 5.82 Å². The predicted octanol–water partition coefficient (Wildman–Crippen LogP) is 1.52. The van der Waals surface area contributed by atoms with Crippen LogP contribution in [0.4, 0.5) is 4.39 Å². The van der Waals surface area contributed by atoms with Gasteiger partial charge in [0.05, 0.1) is 43.2 Å². The molecule has 2 rings (SSSR count). The van der Waals surface area contributed by atoms with Crippen LogP contribution in [0, 0.1) is 17.2 Å². The van der Waals surface area contributed by atoms with E-state index in [-0.39, 0.29) is 23.9 Å². The fraction of sp³-hybridized carbons (Fsp3) is 0.643. The number of hydrogen-bond donors (Lipinski definition) is 2. The molecule has 0 saturated carbocycles. The molecule has 19 heavy (non-hydrogen) atoms. The molecule has 4 nitrogen and oxygen atoms in total. The highest BCUT2D eigenvalue weighted by Gasteiger charge is 2.38. The zero-order chi connectivity index (χ0) is 13.9. The van der Waals surface area contributed by atoms with Crippen molar-refractivity contribution in [2.75, 3.05) is 26.4 Å². The highest BCUT2D eigenvalue weighted by Crippen LogP contribution is 2.28. The first-order valence-corrected chi connectivity index (χ1v) is 6.60. The van der Waals surface area contributed by atoms with Crippen LogP contribution in [0.5, 0.6) is 0 Å².